The summed E-state index contributed by atoms with van der Waals surface area (Å²) in [5, 5.41) is 11.8. The molecule has 0 bridgehead atoms. The molecule has 1 aliphatic carbocycles. The third kappa shape index (κ3) is 4.31. The molecular formula is C23H28N4O2S. The molecule has 0 saturated carbocycles. The van der Waals surface area contributed by atoms with Crippen molar-refractivity contribution in [3.05, 3.63) is 56.7 Å². The highest BCUT2D eigenvalue weighted by molar-refractivity contribution is 7.18. The van der Waals surface area contributed by atoms with E-state index in [1.165, 1.54) is 9.56 Å². The maximum atomic E-state index is 13.1. The predicted molar refractivity (Wildman–Crippen MR) is 120 cm³/mol. The number of benzene rings is 1. The molecule has 0 radical (unpaired) electrons. The summed E-state index contributed by atoms with van der Waals surface area (Å²) in [7, 11) is 0. The predicted octanol–water partition coefficient (Wildman–Crippen LogP) is 3.36. The molecule has 3 aromatic rings. The number of nitrogens with zero attached hydrogens (tertiary/aromatic N) is 3. The van der Waals surface area contributed by atoms with Gasteiger partial charge in [-0.15, -0.1) is 16.4 Å². The Morgan fingerprint density at radius 3 is 2.77 bits per heavy atom. The first-order chi connectivity index (χ1) is 14.3. The normalized spacial score (nSPS) is 16.4. The number of thiophene rings is 1. The average molecular weight is 425 g/mol. The number of carbonyl (C=O) groups is 1. The molecule has 1 atom stereocenters. The van der Waals surface area contributed by atoms with E-state index >= 15 is 0 Å². The summed E-state index contributed by atoms with van der Waals surface area (Å²) in [6.45, 7) is 7.25. The van der Waals surface area contributed by atoms with Crippen molar-refractivity contribution < 1.29 is 4.79 Å². The SMILES string of the molecule is CC(C)(C)[C@H]1CCc2c(sc3nnn(CC(=O)NCCc4ccccc4)c(=O)c23)C1. The fourth-order valence-corrected chi connectivity index (χ4v) is 5.39. The zero-order valence-electron chi connectivity index (χ0n) is 17.8. The molecule has 30 heavy (non-hydrogen) atoms. The number of rotatable bonds is 5. The van der Waals surface area contributed by atoms with Crippen molar-refractivity contribution in [1.29, 1.82) is 0 Å². The molecule has 1 aromatic carbocycles. The van der Waals surface area contributed by atoms with Crippen LogP contribution in [0.25, 0.3) is 10.2 Å². The largest absolute Gasteiger partial charge is 0.354 e. The molecular weight excluding hydrogens is 396 g/mol. The van der Waals surface area contributed by atoms with Crippen LogP contribution >= 0.6 is 11.3 Å². The van der Waals surface area contributed by atoms with E-state index in [1.807, 2.05) is 30.3 Å². The quantitative estimate of drug-likeness (QED) is 0.681. The van der Waals surface area contributed by atoms with E-state index in [1.54, 1.807) is 11.3 Å². The first-order valence-electron chi connectivity index (χ1n) is 10.5. The van der Waals surface area contributed by atoms with Crippen molar-refractivity contribution in [2.75, 3.05) is 6.54 Å². The van der Waals surface area contributed by atoms with E-state index < -0.39 is 0 Å². The number of fused-ring (bicyclic) bond motifs is 3. The van der Waals surface area contributed by atoms with Gasteiger partial charge in [0.15, 0.2) is 4.83 Å². The fraction of sp³-hybridized carbons (Fsp3) is 0.478. The topological polar surface area (TPSA) is 76.9 Å². The van der Waals surface area contributed by atoms with Crippen molar-refractivity contribution in [1.82, 2.24) is 20.3 Å². The smallest absolute Gasteiger partial charge is 0.279 e. The highest BCUT2D eigenvalue weighted by Crippen LogP contribution is 2.41. The van der Waals surface area contributed by atoms with Crippen LogP contribution in [0.1, 0.15) is 43.2 Å². The van der Waals surface area contributed by atoms with Crippen molar-refractivity contribution in [2.45, 2.75) is 53.0 Å². The van der Waals surface area contributed by atoms with Crippen LogP contribution in [-0.2, 0) is 30.6 Å². The van der Waals surface area contributed by atoms with E-state index in [4.69, 9.17) is 0 Å². The highest BCUT2D eigenvalue weighted by Gasteiger charge is 2.32. The minimum absolute atomic E-state index is 0.105. The van der Waals surface area contributed by atoms with Crippen molar-refractivity contribution in [3.63, 3.8) is 0 Å². The minimum Gasteiger partial charge on any atom is -0.354 e. The first kappa shape index (κ1) is 20.7. The molecule has 7 heteroatoms. The Morgan fingerprint density at radius 2 is 2.03 bits per heavy atom. The summed E-state index contributed by atoms with van der Waals surface area (Å²) in [6, 6.07) is 9.98. The molecule has 1 N–H and O–H groups in total. The Bertz CT molecular complexity index is 1110. The molecule has 2 aromatic heterocycles. The molecule has 1 aliphatic rings. The van der Waals surface area contributed by atoms with Gasteiger partial charge in [-0.05, 0) is 48.1 Å². The molecule has 0 saturated heterocycles. The lowest BCUT2D eigenvalue weighted by Gasteiger charge is -2.33. The third-order valence-electron chi connectivity index (χ3n) is 6.04. The Kier molecular flexibility index (Phi) is 5.73. The summed E-state index contributed by atoms with van der Waals surface area (Å²) in [6.07, 6.45) is 3.70. The van der Waals surface area contributed by atoms with Gasteiger partial charge in [0.2, 0.25) is 5.91 Å². The Balaban J connectivity index is 1.47. The third-order valence-corrected chi connectivity index (χ3v) is 7.17. The van der Waals surface area contributed by atoms with Crippen LogP contribution < -0.4 is 10.9 Å². The van der Waals surface area contributed by atoms with Crippen LogP contribution in [0.5, 0.6) is 0 Å². The van der Waals surface area contributed by atoms with E-state index in [0.717, 1.165) is 36.8 Å². The number of aromatic nitrogens is 3. The fourth-order valence-electron chi connectivity index (χ4n) is 4.15. The number of amides is 1. The molecule has 0 aliphatic heterocycles. The lowest BCUT2D eigenvalue weighted by molar-refractivity contribution is -0.121. The van der Waals surface area contributed by atoms with Gasteiger partial charge in [0.25, 0.3) is 5.56 Å². The molecule has 0 spiro atoms. The lowest BCUT2D eigenvalue weighted by atomic mass is 9.72. The molecule has 158 valence electrons. The maximum Gasteiger partial charge on any atom is 0.279 e. The van der Waals surface area contributed by atoms with Gasteiger partial charge >= 0.3 is 0 Å². The number of nitrogens with one attached hydrogen (secondary N) is 1. The second-order valence-corrected chi connectivity index (χ2v) is 10.2. The number of hydrogen-bond acceptors (Lipinski definition) is 5. The van der Waals surface area contributed by atoms with Gasteiger partial charge in [0.05, 0.1) is 5.39 Å². The summed E-state index contributed by atoms with van der Waals surface area (Å²) >= 11 is 1.59. The van der Waals surface area contributed by atoms with E-state index in [2.05, 4.69) is 36.4 Å². The minimum atomic E-state index is -0.224. The number of carbonyl (C=O) groups excluding carboxylic acids is 1. The Hall–Kier alpha value is -2.54. The van der Waals surface area contributed by atoms with Crippen LogP contribution in [0, 0.1) is 11.3 Å². The Morgan fingerprint density at radius 1 is 1.27 bits per heavy atom. The van der Waals surface area contributed by atoms with Crippen LogP contribution in [-0.4, -0.2) is 27.4 Å². The van der Waals surface area contributed by atoms with E-state index in [0.29, 0.717) is 22.7 Å². The van der Waals surface area contributed by atoms with Gasteiger partial charge in [0.1, 0.15) is 6.54 Å². The van der Waals surface area contributed by atoms with Gasteiger partial charge < -0.3 is 5.32 Å². The second kappa shape index (κ2) is 8.30. The van der Waals surface area contributed by atoms with Crippen LogP contribution in [0.2, 0.25) is 0 Å². The lowest BCUT2D eigenvalue weighted by Crippen LogP contribution is -2.35. The van der Waals surface area contributed by atoms with Crippen LogP contribution in [0.15, 0.2) is 35.1 Å². The zero-order chi connectivity index (χ0) is 21.3. The number of hydrogen-bond donors (Lipinski definition) is 1. The Labute approximate surface area is 180 Å². The van der Waals surface area contributed by atoms with Crippen molar-refractivity contribution in [3.8, 4) is 0 Å². The summed E-state index contributed by atoms with van der Waals surface area (Å²) in [4.78, 5) is 27.3. The van der Waals surface area contributed by atoms with Crippen molar-refractivity contribution in [2.24, 2.45) is 11.3 Å². The molecule has 0 fully saturated rings. The molecule has 1 amide bonds. The van der Waals surface area contributed by atoms with Crippen LogP contribution in [0.4, 0.5) is 0 Å². The number of aryl methyl sites for hydroxylation is 1. The monoisotopic (exact) mass is 424 g/mol. The summed E-state index contributed by atoms with van der Waals surface area (Å²) < 4.78 is 1.20. The zero-order valence-corrected chi connectivity index (χ0v) is 18.6. The average Bonchev–Trinajstić information content (AvgIpc) is 3.09. The standard InChI is InChI=1S/C23H28N4O2S/c1-23(2,3)16-9-10-17-18(13-16)30-21-20(17)22(29)27(26-25-21)14-19(28)24-12-11-15-7-5-4-6-8-15/h4-8,16H,9-14H2,1-3H3,(H,24,28)/t16-/m0/s1. The van der Waals surface area contributed by atoms with Crippen molar-refractivity contribution >= 4 is 27.5 Å². The van der Waals surface area contributed by atoms with Gasteiger partial charge in [0, 0.05) is 11.4 Å². The van der Waals surface area contributed by atoms with Gasteiger partial charge in [-0.2, -0.15) is 0 Å². The van der Waals surface area contributed by atoms with Crippen LogP contribution in [0.3, 0.4) is 0 Å². The molecule has 6 nitrogen and oxygen atoms in total. The molecule has 2 heterocycles. The summed E-state index contributed by atoms with van der Waals surface area (Å²) in [5.41, 5.74) is 2.32. The highest BCUT2D eigenvalue weighted by atomic mass is 32.1. The van der Waals surface area contributed by atoms with Gasteiger partial charge in [-0.3, -0.25) is 9.59 Å². The first-order valence-corrected chi connectivity index (χ1v) is 11.3. The molecule has 4 rings (SSSR count). The van der Waals surface area contributed by atoms with Gasteiger partial charge in [-0.25, -0.2) is 4.68 Å². The van der Waals surface area contributed by atoms with E-state index in [-0.39, 0.29) is 23.4 Å². The summed E-state index contributed by atoms with van der Waals surface area (Å²) in [5.74, 6) is 0.377. The van der Waals surface area contributed by atoms with Gasteiger partial charge in [-0.1, -0.05) is 56.3 Å². The maximum absolute atomic E-state index is 13.1. The molecule has 0 unspecified atom stereocenters. The van der Waals surface area contributed by atoms with E-state index in [9.17, 15) is 9.59 Å². The second-order valence-electron chi connectivity index (χ2n) is 9.13.